The lowest BCUT2D eigenvalue weighted by Gasteiger charge is -2.36. The second-order valence-corrected chi connectivity index (χ2v) is 4.15. The fourth-order valence-electron chi connectivity index (χ4n) is 1.63. The van der Waals surface area contributed by atoms with Crippen molar-refractivity contribution in [3.8, 4) is 0 Å². The fraction of sp³-hybridized carbons (Fsp3) is 0.455. The highest BCUT2D eigenvalue weighted by Gasteiger charge is 2.40. The van der Waals surface area contributed by atoms with Crippen LogP contribution in [0.1, 0.15) is 24.8 Å². The maximum Gasteiger partial charge on any atom is 0.244 e. The minimum atomic E-state index is -0.651. The molecule has 1 aromatic rings. The molecule has 0 bridgehead atoms. The Kier molecular flexibility index (Phi) is 2.44. The Labute approximate surface area is 88.9 Å². The van der Waals surface area contributed by atoms with Crippen LogP contribution < -0.4 is 11.1 Å². The number of carbonyl (C=O) groups is 1. The first-order valence-corrected chi connectivity index (χ1v) is 5.13. The van der Waals surface area contributed by atoms with Crippen molar-refractivity contribution in [2.45, 2.75) is 31.7 Å². The summed E-state index contributed by atoms with van der Waals surface area (Å²) >= 11 is 0. The molecule has 80 valence electrons. The molecule has 0 unspecified atom stereocenters. The molecular formula is C11H15N3O. The summed E-state index contributed by atoms with van der Waals surface area (Å²) in [5.41, 5.74) is 7.01. The van der Waals surface area contributed by atoms with Gasteiger partial charge in [-0.2, -0.15) is 0 Å². The van der Waals surface area contributed by atoms with Crippen molar-refractivity contribution in [1.29, 1.82) is 0 Å². The number of nitrogens with two attached hydrogens (primary N) is 1. The highest BCUT2D eigenvalue weighted by atomic mass is 16.2. The zero-order chi connectivity index (χ0) is 10.9. The molecule has 3 N–H and O–H groups in total. The molecule has 0 spiro atoms. The van der Waals surface area contributed by atoms with E-state index in [9.17, 15) is 4.79 Å². The normalized spacial score (nSPS) is 18.0. The number of hydrogen-bond donors (Lipinski definition) is 2. The van der Waals surface area contributed by atoms with Gasteiger partial charge in [0, 0.05) is 6.20 Å². The van der Waals surface area contributed by atoms with E-state index in [1.54, 1.807) is 12.4 Å². The Morgan fingerprint density at radius 1 is 1.60 bits per heavy atom. The van der Waals surface area contributed by atoms with Gasteiger partial charge in [-0.05, 0) is 37.8 Å². The van der Waals surface area contributed by atoms with Crippen molar-refractivity contribution in [3.63, 3.8) is 0 Å². The van der Waals surface area contributed by atoms with Crippen LogP contribution in [-0.2, 0) is 4.79 Å². The van der Waals surface area contributed by atoms with Crippen LogP contribution in [0.4, 0.5) is 5.69 Å². The molecule has 2 rings (SSSR count). The van der Waals surface area contributed by atoms with Crippen molar-refractivity contribution in [1.82, 2.24) is 4.98 Å². The number of aromatic nitrogens is 1. The second kappa shape index (κ2) is 3.62. The highest BCUT2D eigenvalue weighted by Crippen LogP contribution is 2.30. The van der Waals surface area contributed by atoms with E-state index in [2.05, 4.69) is 10.3 Å². The number of rotatable bonds is 2. The predicted molar refractivity (Wildman–Crippen MR) is 58.4 cm³/mol. The molecule has 0 aliphatic heterocycles. The number of pyridine rings is 1. The van der Waals surface area contributed by atoms with Gasteiger partial charge < -0.3 is 11.1 Å². The fourth-order valence-corrected chi connectivity index (χ4v) is 1.63. The van der Waals surface area contributed by atoms with Crippen molar-refractivity contribution in [2.75, 3.05) is 5.32 Å². The van der Waals surface area contributed by atoms with Crippen molar-refractivity contribution < 1.29 is 4.79 Å². The molecule has 0 atom stereocenters. The topological polar surface area (TPSA) is 68.0 Å². The molecule has 1 heterocycles. The lowest BCUT2D eigenvalue weighted by molar-refractivity contribution is -0.123. The number of aryl methyl sites for hydroxylation is 1. The Balaban J connectivity index is 2.09. The average Bonchev–Trinajstić information content (AvgIpc) is 2.18. The van der Waals surface area contributed by atoms with Gasteiger partial charge >= 0.3 is 0 Å². The highest BCUT2D eigenvalue weighted by molar-refractivity contribution is 5.98. The van der Waals surface area contributed by atoms with Crippen LogP contribution in [0.2, 0.25) is 0 Å². The predicted octanol–water partition coefficient (Wildman–Crippen LogP) is 1.21. The summed E-state index contributed by atoms with van der Waals surface area (Å²) in [6, 6.07) is 1.86. The first-order chi connectivity index (χ1) is 7.12. The summed E-state index contributed by atoms with van der Waals surface area (Å²) in [4.78, 5) is 15.8. The summed E-state index contributed by atoms with van der Waals surface area (Å²) < 4.78 is 0. The van der Waals surface area contributed by atoms with Crippen LogP contribution in [0.5, 0.6) is 0 Å². The van der Waals surface area contributed by atoms with Crippen LogP contribution in [0, 0.1) is 6.92 Å². The van der Waals surface area contributed by atoms with E-state index in [1.165, 1.54) is 0 Å². The van der Waals surface area contributed by atoms with Gasteiger partial charge in [0.15, 0.2) is 0 Å². The van der Waals surface area contributed by atoms with E-state index in [4.69, 9.17) is 5.73 Å². The van der Waals surface area contributed by atoms with Gasteiger partial charge in [0.1, 0.15) is 0 Å². The van der Waals surface area contributed by atoms with Gasteiger partial charge in [0.25, 0.3) is 0 Å². The Bertz CT molecular complexity index is 385. The third kappa shape index (κ3) is 1.85. The zero-order valence-corrected chi connectivity index (χ0v) is 8.79. The van der Waals surface area contributed by atoms with Crippen LogP contribution in [0.3, 0.4) is 0 Å². The first-order valence-electron chi connectivity index (χ1n) is 5.13. The standard InChI is InChI=1S/C11H15N3O/c1-8-3-6-13-7-9(8)14-10(15)11(12)4-2-5-11/h3,6-7H,2,4-5,12H2,1H3,(H,14,15). The average molecular weight is 205 g/mol. The third-order valence-corrected chi connectivity index (χ3v) is 2.99. The summed E-state index contributed by atoms with van der Waals surface area (Å²) in [7, 11) is 0. The maximum absolute atomic E-state index is 11.8. The Morgan fingerprint density at radius 3 is 2.87 bits per heavy atom. The van der Waals surface area contributed by atoms with E-state index in [-0.39, 0.29) is 5.91 Å². The number of anilines is 1. The monoisotopic (exact) mass is 205 g/mol. The van der Waals surface area contributed by atoms with E-state index in [0.717, 1.165) is 30.5 Å². The van der Waals surface area contributed by atoms with Gasteiger partial charge in [-0.25, -0.2) is 0 Å². The third-order valence-electron chi connectivity index (χ3n) is 2.99. The summed E-state index contributed by atoms with van der Waals surface area (Å²) in [5, 5.41) is 2.83. The number of carbonyl (C=O) groups excluding carboxylic acids is 1. The van der Waals surface area contributed by atoms with Crippen molar-refractivity contribution in [2.24, 2.45) is 5.73 Å². The van der Waals surface area contributed by atoms with Crippen LogP contribution in [0.15, 0.2) is 18.5 Å². The Hall–Kier alpha value is -1.42. The molecule has 15 heavy (non-hydrogen) atoms. The quantitative estimate of drug-likeness (QED) is 0.762. The summed E-state index contributed by atoms with van der Waals surface area (Å²) in [5.74, 6) is -0.0927. The van der Waals surface area contributed by atoms with Crippen LogP contribution in [-0.4, -0.2) is 16.4 Å². The molecule has 0 radical (unpaired) electrons. The van der Waals surface area contributed by atoms with E-state index >= 15 is 0 Å². The first kappa shape index (κ1) is 10.1. The van der Waals surface area contributed by atoms with Crippen LogP contribution in [0.25, 0.3) is 0 Å². The largest absolute Gasteiger partial charge is 0.323 e. The lowest BCUT2D eigenvalue weighted by atomic mass is 9.77. The van der Waals surface area contributed by atoms with Gasteiger partial charge in [-0.1, -0.05) is 0 Å². The summed E-state index contributed by atoms with van der Waals surface area (Å²) in [6.45, 7) is 1.93. The molecule has 0 saturated heterocycles. The lowest BCUT2D eigenvalue weighted by Crippen LogP contribution is -2.56. The SMILES string of the molecule is Cc1ccncc1NC(=O)C1(N)CCC1. The van der Waals surface area contributed by atoms with Gasteiger partial charge in [0.2, 0.25) is 5.91 Å². The molecule has 1 amide bonds. The van der Waals surface area contributed by atoms with Crippen LogP contribution >= 0.6 is 0 Å². The molecule has 1 saturated carbocycles. The number of amides is 1. The Morgan fingerprint density at radius 2 is 2.33 bits per heavy atom. The van der Waals surface area contributed by atoms with Gasteiger partial charge in [0.05, 0.1) is 17.4 Å². The zero-order valence-electron chi connectivity index (χ0n) is 8.79. The number of nitrogens with one attached hydrogen (secondary N) is 1. The van der Waals surface area contributed by atoms with Crippen molar-refractivity contribution >= 4 is 11.6 Å². The molecule has 4 nitrogen and oxygen atoms in total. The second-order valence-electron chi connectivity index (χ2n) is 4.15. The maximum atomic E-state index is 11.8. The molecule has 1 aliphatic carbocycles. The molecule has 1 aromatic heterocycles. The van der Waals surface area contributed by atoms with E-state index in [1.807, 2.05) is 13.0 Å². The van der Waals surface area contributed by atoms with Gasteiger partial charge in [-0.3, -0.25) is 9.78 Å². The van der Waals surface area contributed by atoms with Gasteiger partial charge in [-0.15, -0.1) is 0 Å². The molecule has 0 aromatic carbocycles. The molecule has 4 heteroatoms. The molecule has 1 fully saturated rings. The molecule has 1 aliphatic rings. The minimum absolute atomic E-state index is 0.0927. The minimum Gasteiger partial charge on any atom is -0.323 e. The molecular weight excluding hydrogens is 190 g/mol. The number of nitrogens with zero attached hydrogens (tertiary/aromatic N) is 1. The number of hydrogen-bond acceptors (Lipinski definition) is 3. The van der Waals surface area contributed by atoms with E-state index in [0.29, 0.717) is 0 Å². The summed E-state index contributed by atoms with van der Waals surface area (Å²) in [6.07, 6.45) is 5.94. The smallest absolute Gasteiger partial charge is 0.244 e. The van der Waals surface area contributed by atoms with Crippen molar-refractivity contribution in [3.05, 3.63) is 24.0 Å². The van der Waals surface area contributed by atoms with E-state index < -0.39 is 5.54 Å².